The molecule has 0 saturated carbocycles. The van der Waals surface area contributed by atoms with Gasteiger partial charge in [-0.05, 0) is 45.0 Å². The van der Waals surface area contributed by atoms with Gasteiger partial charge in [0.1, 0.15) is 5.75 Å². The summed E-state index contributed by atoms with van der Waals surface area (Å²) in [4.78, 5) is 2.13. The second kappa shape index (κ2) is 7.39. The summed E-state index contributed by atoms with van der Waals surface area (Å²) in [5, 5.41) is 10.1. The summed E-state index contributed by atoms with van der Waals surface area (Å²) in [6.45, 7) is 7.70. The van der Waals surface area contributed by atoms with E-state index in [2.05, 4.69) is 25.7 Å². The van der Waals surface area contributed by atoms with Gasteiger partial charge >= 0.3 is 0 Å². The lowest BCUT2D eigenvalue weighted by molar-refractivity contribution is 0.112. The fourth-order valence-electron chi connectivity index (χ4n) is 1.60. The van der Waals surface area contributed by atoms with Gasteiger partial charge in [-0.15, -0.1) is 0 Å². The Balaban J connectivity index is 2.55. The predicted octanol–water partition coefficient (Wildman–Crippen LogP) is 2.85. The molecule has 102 valence electrons. The minimum Gasteiger partial charge on any atom is -0.494 e. The SMILES string of the molecule is CCCOc1ccc(C(O)CN(C)C(C)C)cc1. The zero-order chi connectivity index (χ0) is 13.5. The summed E-state index contributed by atoms with van der Waals surface area (Å²) >= 11 is 0. The molecule has 1 N–H and O–H groups in total. The Labute approximate surface area is 110 Å². The number of ether oxygens (including phenoxy) is 1. The molecule has 0 aliphatic carbocycles. The molecule has 0 bridgehead atoms. The van der Waals surface area contributed by atoms with Crippen molar-refractivity contribution >= 4 is 0 Å². The first kappa shape index (κ1) is 15.0. The van der Waals surface area contributed by atoms with Crippen molar-refractivity contribution in [3.63, 3.8) is 0 Å². The highest BCUT2D eigenvalue weighted by atomic mass is 16.5. The van der Waals surface area contributed by atoms with Crippen LogP contribution in [0.15, 0.2) is 24.3 Å². The lowest BCUT2D eigenvalue weighted by Crippen LogP contribution is -2.30. The van der Waals surface area contributed by atoms with Crippen LogP contribution in [-0.2, 0) is 0 Å². The zero-order valence-corrected chi connectivity index (χ0v) is 11.9. The summed E-state index contributed by atoms with van der Waals surface area (Å²) in [6, 6.07) is 8.15. The Bertz CT molecular complexity index is 335. The van der Waals surface area contributed by atoms with Crippen LogP contribution in [0.25, 0.3) is 0 Å². The molecule has 0 radical (unpaired) electrons. The van der Waals surface area contributed by atoms with E-state index < -0.39 is 6.10 Å². The smallest absolute Gasteiger partial charge is 0.119 e. The third kappa shape index (κ3) is 4.67. The van der Waals surface area contributed by atoms with Gasteiger partial charge in [0.05, 0.1) is 12.7 Å². The van der Waals surface area contributed by atoms with Crippen molar-refractivity contribution in [3.05, 3.63) is 29.8 Å². The number of aliphatic hydroxyl groups excluding tert-OH is 1. The number of benzene rings is 1. The van der Waals surface area contributed by atoms with Crippen molar-refractivity contribution in [1.29, 1.82) is 0 Å². The molecule has 0 heterocycles. The largest absolute Gasteiger partial charge is 0.494 e. The number of rotatable bonds is 7. The van der Waals surface area contributed by atoms with Crippen molar-refractivity contribution in [1.82, 2.24) is 4.90 Å². The highest BCUT2D eigenvalue weighted by Crippen LogP contribution is 2.19. The van der Waals surface area contributed by atoms with Crippen molar-refractivity contribution in [2.45, 2.75) is 39.3 Å². The van der Waals surface area contributed by atoms with E-state index in [9.17, 15) is 5.11 Å². The van der Waals surface area contributed by atoms with Gasteiger partial charge in [0.15, 0.2) is 0 Å². The maximum absolute atomic E-state index is 10.1. The average molecular weight is 251 g/mol. The van der Waals surface area contributed by atoms with Crippen LogP contribution < -0.4 is 4.74 Å². The fraction of sp³-hybridized carbons (Fsp3) is 0.600. The molecule has 0 saturated heterocycles. The summed E-state index contributed by atoms with van der Waals surface area (Å²) < 4.78 is 5.52. The van der Waals surface area contributed by atoms with Gasteiger partial charge in [0.2, 0.25) is 0 Å². The first-order valence-corrected chi connectivity index (χ1v) is 6.65. The standard InChI is InChI=1S/C15H25NO2/c1-5-10-18-14-8-6-13(7-9-14)15(17)11-16(4)12(2)3/h6-9,12,15,17H,5,10-11H2,1-4H3. The molecule has 3 heteroatoms. The van der Waals surface area contributed by atoms with Crippen LogP contribution in [0.2, 0.25) is 0 Å². The number of nitrogens with zero attached hydrogens (tertiary/aromatic N) is 1. The molecule has 0 aliphatic rings. The Kier molecular flexibility index (Phi) is 6.16. The van der Waals surface area contributed by atoms with E-state index in [1.807, 2.05) is 31.3 Å². The first-order chi connectivity index (χ1) is 8.54. The topological polar surface area (TPSA) is 32.7 Å². The van der Waals surface area contributed by atoms with Gasteiger partial charge in [-0.3, -0.25) is 0 Å². The molecule has 0 fully saturated rings. The minimum atomic E-state index is -0.447. The molecule has 1 rings (SSSR count). The normalized spacial score (nSPS) is 13.1. The quantitative estimate of drug-likeness (QED) is 0.809. The third-order valence-electron chi connectivity index (χ3n) is 3.08. The molecule has 1 unspecified atom stereocenters. The van der Waals surface area contributed by atoms with E-state index in [-0.39, 0.29) is 0 Å². The molecule has 3 nitrogen and oxygen atoms in total. The first-order valence-electron chi connectivity index (χ1n) is 6.65. The summed E-state index contributed by atoms with van der Waals surface area (Å²) in [5.74, 6) is 0.866. The van der Waals surface area contributed by atoms with Crippen molar-refractivity contribution in [2.75, 3.05) is 20.2 Å². The van der Waals surface area contributed by atoms with Crippen LogP contribution in [0, 0.1) is 0 Å². The van der Waals surface area contributed by atoms with Gasteiger partial charge in [-0.2, -0.15) is 0 Å². The highest BCUT2D eigenvalue weighted by molar-refractivity contribution is 5.28. The van der Waals surface area contributed by atoms with Crippen LogP contribution in [0.3, 0.4) is 0 Å². The number of hydrogen-bond acceptors (Lipinski definition) is 3. The number of hydrogen-bond donors (Lipinski definition) is 1. The molecule has 1 aromatic carbocycles. The molecule has 1 aromatic rings. The van der Waals surface area contributed by atoms with E-state index in [1.165, 1.54) is 0 Å². The number of aliphatic hydroxyl groups is 1. The lowest BCUT2D eigenvalue weighted by Gasteiger charge is -2.24. The van der Waals surface area contributed by atoms with Crippen LogP contribution in [0.5, 0.6) is 5.75 Å². The van der Waals surface area contributed by atoms with E-state index in [4.69, 9.17) is 4.74 Å². The Morgan fingerprint density at radius 2 is 1.83 bits per heavy atom. The van der Waals surface area contributed by atoms with Crippen molar-refractivity contribution in [2.24, 2.45) is 0 Å². The molecule has 18 heavy (non-hydrogen) atoms. The van der Waals surface area contributed by atoms with Crippen molar-refractivity contribution in [3.8, 4) is 5.75 Å². The fourth-order valence-corrected chi connectivity index (χ4v) is 1.60. The Morgan fingerprint density at radius 1 is 1.22 bits per heavy atom. The molecule has 0 aliphatic heterocycles. The maximum Gasteiger partial charge on any atom is 0.119 e. The lowest BCUT2D eigenvalue weighted by atomic mass is 10.1. The highest BCUT2D eigenvalue weighted by Gasteiger charge is 2.12. The molecule has 1 atom stereocenters. The van der Waals surface area contributed by atoms with E-state index in [0.717, 1.165) is 24.3 Å². The Morgan fingerprint density at radius 3 is 2.33 bits per heavy atom. The zero-order valence-electron chi connectivity index (χ0n) is 11.9. The molecule has 0 aromatic heterocycles. The molecule has 0 amide bonds. The van der Waals surface area contributed by atoms with Gasteiger partial charge < -0.3 is 14.7 Å². The van der Waals surface area contributed by atoms with Gasteiger partial charge in [0, 0.05) is 12.6 Å². The van der Waals surface area contributed by atoms with E-state index in [1.54, 1.807) is 0 Å². The molecule has 0 spiro atoms. The van der Waals surface area contributed by atoms with Crippen LogP contribution in [0.1, 0.15) is 38.9 Å². The molecular formula is C15H25NO2. The van der Waals surface area contributed by atoms with Crippen LogP contribution in [0.4, 0.5) is 0 Å². The Hall–Kier alpha value is -1.06. The number of likely N-dealkylation sites (N-methyl/N-ethyl adjacent to an activating group) is 1. The van der Waals surface area contributed by atoms with Gasteiger partial charge in [-0.25, -0.2) is 0 Å². The van der Waals surface area contributed by atoms with Gasteiger partial charge in [0.25, 0.3) is 0 Å². The second-order valence-corrected chi connectivity index (χ2v) is 4.97. The average Bonchev–Trinajstić information content (AvgIpc) is 2.36. The molecular weight excluding hydrogens is 226 g/mol. The maximum atomic E-state index is 10.1. The van der Waals surface area contributed by atoms with E-state index in [0.29, 0.717) is 12.6 Å². The second-order valence-electron chi connectivity index (χ2n) is 4.97. The third-order valence-corrected chi connectivity index (χ3v) is 3.08. The van der Waals surface area contributed by atoms with E-state index >= 15 is 0 Å². The van der Waals surface area contributed by atoms with Crippen molar-refractivity contribution < 1.29 is 9.84 Å². The monoisotopic (exact) mass is 251 g/mol. The van der Waals surface area contributed by atoms with Crippen LogP contribution in [-0.4, -0.2) is 36.2 Å². The summed E-state index contributed by atoms with van der Waals surface area (Å²) in [6.07, 6.45) is 0.557. The minimum absolute atomic E-state index is 0.437. The summed E-state index contributed by atoms with van der Waals surface area (Å²) in [5.41, 5.74) is 0.936. The summed E-state index contributed by atoms with van der Waals surface area (Å²) in [7, 11) is 2.02. The predicted molar refractivity (Wildman–Crippen MR) is 75.0 cm³/mol. The van der Waals surface area contributed by atoms with Crippen LogP contribution >= 0.6 is 0 Å². The van der Waals surface area contributed by atoms with Gasteiger partial charge in [-0.1, -0.05) is 19.1 Å².